The van der Waals surface area contributed by atoms with Gasteiger partial charge in [0.05, 0.1) is 16.3 Å². The Balaban J connectivity index is 1.58. The molecule has 0 unspecified atom stereocenters. The Kier molecular flexibility index (Phi) is 6.57. The van der Waals surface area contributed by atoms with Crippen LogP contribution in [0.4, 0.5) is 0 Å². The number of rotatable bonds is 8. The van der Waals surface area contributed by atoms with Crippen LogP contribution in [0.1, 0.15) is 60.1 Å². The lowest BCUT2D eigenvalue weighted by Gasteiger charge is -2.23. The van der Waals surface area contributed by atoms with Gasteiger partial charge in [-0.05, 0) is 31.0 Å². The van der Waals surface area contributed by atoms with Crippen molar-refractivity contribution in [2.75, 3.05) is 7.05 Å². The number of Topliss-reactive ketones (excluding diaryl/α,β-unsaturated/α-hetero) is 1. The molecule has 3 rings (SSSR count). The third-order valence-electron chi connectivity index (χ3n) is 5.02. The van der Waals surface area contributed by atoms with E-state index in [1.54, 1.807) is 23.3 Å². The van der Waals surface area contributed by atoms with Crippen LogP contribution in [0, 0.1) is 0 Å². The van der Waals surface area contributed by atoms with Crippen LogP contribution in [-0.2, 0) is 11.2 Å². The summed E-state index contributed by atoms with van der Waals surface area (Å²) in [6.07, 6.45) is 2.53. The Hall–Kier alpha value is -2.53. The molecule has 1 aromatic heterocycles. The minimum atomic E-state index is -0.117. The van der Waals surface area contributed by atoms with Crippen LogP contribution >= 0.6 is 11.3 Å². The third kappa shape index (κ3) is 4.65. The molecule has 0 aliphatic carbocycles. The summed E-state index contributed by atoms with van der Waals surface area (Å²) in [5.41, 5.74) is 2.87. The Morgan fingerprint density at radius 1 is 1.07 bits per heavy atom. The number of thiazole rings is 1. The standard InChI is InChI=1S/C23H26N2O2S/c1-4-7-17-10-12-18(13-11-17)20(26)14-15-22(27)25(3)16(2)23-24-19-8-5-6-9-21(19)28-23/h5-6,8-13,16H,4,7,14-15H2,1-3H3/t16-/m1/s1. The summed E-state index contributed by atoms with van der Waals surface area (Å²) in [5, 5.41) is 0.912. The highest BCUT2D eigenvalue weighted by molar-refractivity contribution is 7.18. The quantitative estimate of drug-likeness (QED) is 0.479. The topological polar surface area (TPSA) is 50.3 Å². The lowest BCUT2D eigenvalue weighted by molar-refractivity contribution is -0.131. The van der Waals surface area contributed by atoms with Gasteiger partial charge in [-0.25, -0.2) is 4.98 Å². The summed E-state index contributed by atoms with van der Waals surface area (Å²) < 4.78 is 1.12. The van der Waals surface area contributed by atoms with Gasteiger partial charge in [0.1, 0.15) is 5.01 Å². The molecule has 0 aliphatic heterocycles. The van der Waals surface area contributed by atoms with Gasteiger partial charge in [0.25, 0.3) is 0 Å². The summed E-state index contributed by atoms with van der Waals surface area (Å²) in [7, 11) is 1.78. The molecule has 0 N–H and O–H groups in total. The van der Waals surface area contributed by atoms with E-state index in [9.17, 15) is 9.59 Å². The van der Waals surface area contributed by atoms with Crippen molar-refractivity contribution >= 4 is 33.2 Å². The van der Waals surface area contributed by atoms with Crippen LogP contribution in [-0.4, -0.2) is 28.6 Å². The molecule has 4 nitrogen and oxygen atoms in total. The van der Waals surface area contributed by atoms with E-state index in [4.69, 9.17) is 0 Å². The van der Waals surface area contributed by atoms with Crippen molar-refractivity contribution in [2.45, 2.75) is 45.6 Å². The maximum atomic E-state index is 12.6. The predicted molar refractivity (Wildman–Crippen MR) is 115 cm³/mol. The van der Waals surface area contributed by atoms with Crippen molar-refractivity contribution in [3.05, 3.63) is 64.7 Å². The zero-order valence-electron chi connectivity index (χ0n) is 16.6. The first-order chi connectivity index (χ1) is 13.5. The highest BCUT2D eigenvalue weighted by atomic mass is 32.1. The maximum Gasteiger partial charge on any atom is 0.223 e. The number of fused-ring (bicyclic) bond motifs is 1. The summed E-state index contributed by atoms with van der Waals surface area (Å²) in [6.45, 7) is 4.11. The average molecular weight is 395 g/mol. The molecule has 0 saturated carbocycles. The molecule has 5 heteroatoms. The van der Waals surface area contributed by atoms with Crippen LogP contribution in [0.3, 0.4) is 0 Å². The average Bonchev–Trinajstić information content (AvgIpc) is 3.15. The molecule has 0 radical (unpaired) electrons. The number of amides is 1. The van der Waals surface area contributed by atoms with Crippen LogP contribution in [0.2, 0.25) is 0 Å². The molecule has 0 saturated heterocycles. The number of benzene rings is 2. The number of carbonyl (C=O) groups excluding carboxylic acids is 2. The molecule has 2 aromatic carbocycles. The molecule has 0 bridgehead atoms. The lowest BCUT2D eigenvalue weighted by atomic mass is 10.0. The fourth-order valence-electron chi connectivity index (χ4n) is 3.14. The maximum absolute atomic E-state index is 12.6. The fraction of sp³-hybridized carbons (Fsp3) is 0.348. The number of ketones is 1. The normalized spacial score (nSPS) is 12.1. The SMILES string of the molecule is CCCc1ccc(C(=O)CCC(=O)N(C)[C@H](C)c2nc3ccccc3s2)cc1. The van der Waals surface area contributed by atoms with Gasteiger partial charge in [0.2, 0.25) is 5.91 Å². The van der Waals surface area contributed by atoms with Gasteiger partial charge in [-0.15, -0.1) is 11.3 Å². The van der Waals surface area contributed by atoms with E-state index < -0.39 is 0 Å². The Labute approximate surface area is 170 Å². The van der Waals surface area contributed by atoms with Crippen LogP contribution < -0.4 is 0 Å². The van der Waals surface area contributed by atoms with E-state index in [1.165, 1.54) is 5.56 Å². The molecule has 1 amide bonds. The second-order valence-electron chi connectivity index (χ2n) is 7.07. The molecule has 28 heavy (non-hydrogen) atoms. The highest BCUT2D eigenvalue weighted by Gasteiger charge is 2.21. The number of hydrogen-bond acceptors (Lipinski definition) is 4. The van der Waals surface area contributed by atoms with Crippen molar-refractivity contribution < 1.29 is 9.59 Å². The van der Waals surface area contributed by atoms with Crippen molar-refractivity contribution in [3.63, 3.8) is 0 Å². The molecule has 0 aliphatic rings. The van der Waals surface area contributed by atoms with Crippen LogP contribution in [0.25, 0.3) is 10.2 Å². The van der Waals surface area contributed by atoms with E-state index in [-0.39, 0.29) is 30.6 Å². The van der Waals surface area contributed by atoms with E-state index in [2.05, 4.69) is 11.9 Å². The monoisotopic (exact) mass is 394 g/mol. The molecular weight excluding hydrogens is 368 g/mol. The minimum absolute atomic E-state index is 0.0115. The summed E-state index contributed by atoms with van der Waals surface area (Å²) in [5.74, 6) is -0.0276. The number of hydrogen-bond donors (Lipinski definition) is 0. The number of para-hydroxylation sites is 1. The van der Waals surface area contributed by atoms with Gasteiger partial charge < -0.3 is 4.90 Å². The Bertz CT molecular complexity index is 929. The van der Waals surface area contributed by atoms with Crippen molar-refractivity contribution in [1.29, 1.82) is 0 Å². The molecule has 3 aromatic rings. The number of aromatic nitrogens is 1. The first kappa shape index (κ1) is 20.2. The first-order valence-electron chi connectivity index (χ1n) is 9.73. The highest BCUT2D eigenvalue weighted by Crippen LogP contribution is 2.29. The molecule has 0 spiro atoms. The number of carbonyl (C=O) groups is 2. The van der Waals surface area contributed by atoms with Gasteiger partial charge >= 0.3 is 0 Å². The second-order valence-corrected chi connectivity index (χ2v) is 8.13. The van der Waals surface area contributed by atoms with Gasteiger partial charge in [0, 0.05) is 25.5 Å². The van der Waals surface area contributed by atoms with E-state index >= 15 is 0 Å². The summed E-state index contributed by atoms with van der Waals surface area (Å²) in [4.78, 5) is 31.3. The van der Waals surface area contributed by atoms with Gasteiger partial charge in [-0.2, -0.15) is 0 Å². The Morgan fingerprint density at radius 3 is 2.46 bits per heavy atom. The first-order valence-corrected chi connectivity index (χ1v) is 10.5. The van der Waals surface area contributed by atoms with Crippen molar-refractivity contribution in [2.24, 2.45) is 0 Å². The Morgan fingerprint density at radius 2 is 1.79 bits per heavy atom. The van der Waals surface area contributed by atoms with Gasteiger partial charge in [-0.1, -0.05) is 49.7 Å². The van der Waals surface area contributed by atoms with Crippen molar-refractivity contribution in [3.8, 4) is 0 Å². The van der Waals surface area contributed by atoms with Crippen molar-refractivity contribution in [1.82, 2.24) is 9.88 Å². The fourth-order valence-corrected chi connectivity index (χ4v) is 4.20. The van der Waals surface area contributed by atoms with Crippen LogP contribution in [0.15, 0.2) is 48.5 Å². The molecule has 1 atom stereocenters. The molecule has 0 fully saturated rings. The van der Waals surface area contributed by atoms with Crippen LogP contribution in [0.5, 0.6) is 0 Å². The molecule has 1 heterocycles. The van der Waals surface area contributed by atoms with E-state index in [0.717, 1.165) is 28.1 Å². The largest absolute Gasteiger partial charge is 0.337 e. The predicted octanol–water partition coefficient (Wildman–Crippen LogP) is 5.43. The number of aryl methyl sites for hydroxylation is 1. The zero-order valence-corrected chi connectivity index (χ0v) is 17.5. The smallest absolute Gasteiger partial charge is 0.223 e. The zero-order chi connectivity index (χ0) is 20.1. The number of nitrogens with zero attached hydrogens (tertiary/aromatic N) is 2. The molecular formula is C23H26N2O2S. The third-order valence-corrected chi connectivity index (χ3v) is 6.23. The lowest BCUT2D eigenvalue weighted by Crippen LogP contribution is -2.29. The summed E-state index contributed by atoms with van der Waals surface area (Å²) in [6, 6.07) is 15.6. The minimum Gasteiger partial charge on any atom is -0.337 e. The van der Waals surface area contributed by atoms with Gasteiger partial charge in [0.15, 0.2) is 5.78 Å². The van der Waals surface area contributed by atoms with Gasteiger partial charge in [-0.3, -0.25) is 9.59 Å². The second kappa shape index (κ2) is 9.11. The van der Waals surface area contributed by atoms with E-state index in [1.807, 2.05) is 55.5 Å². The molecule has 146 valence electrons. The van der Waals surface area contributed by atoms with E-state index in [0.29, 0.717) is 5.56 Å². The summed E-state index contributed by atoms with van der Waals surface area (Å²) >= 11 is 1.61.